The number of aliphatic carboxylic acids is 1. The first kappa shape index (κ1) is 15.9. The van der Waals surface area contributed by atoms with E-state index in [0.29, 0.717) is 0 Å². The summed E-state index contributed by atoms with van der Waals surface area (Å²) in [5, 5.41) is 26.8. The standard InChI is InChI=1S/C11H20O6/c1-10(2,9(15)16)4-8(14)17-7-11(3,5-12)6-13/h12-13H,4-7H2,1-3H3,(H,15,16). The van der Waals surface area contributed by atoms with Crippen molar-refractivity contribution in [3.05, 3.63) is 0 Å². The highest BCUT2D eigenvalue weighted by Crippen LogP contribution is 2.22. The molecular weight excluding hydrogens is 228 g/mol. The Labute approximate surface area is 100 Å². The van der Waals surface area contributed by atoms with Gasteiger partial charge in [0.05, 0.1) is 25.0 Å². The van der Waals surface area contributed by atoms with Gasteiger partial charge in [0.1, 0.15) is 6.61 Å². The van der Waals surface area contributed by atoms with E-state index in [0.717, 1.165) is 0 Å². The number of esters is 1. The minimum absolute atomic E-state index is 0.144. The summed E-state index contributed by atoms with van der Waals surface area (Å²) < 4.78 is 4.85. The molecule has 0 fully saturated rings. The summed E-state index contributed by atoms with van der Waals surface area (Å²) in [7, 11) is 0. The van der Waals surface area contributed by atoms with Crippen LogP contribution in [0.25, 0.3) is 0 Å². The van der Waals surface area contributed by atoms with Crippen molar-refractivity contribution in [3.8, 4) is 0 Å². The van der Waals surface area contributed by atoms with Crippen molar-refractivity contribution in [2.75, 3.05) is 19.8 Å². The number of hydrogen-bond donors (Lipinski definition) is 3. The van der Waals surface area contributed by atoms with Gasteiger partial charge in [0.15, 0.2) is 0 Å². The molecule has 0 saturated heterocycles. The van der Waals surface area contributed by atoms with E-state index in [1.54, 1.807) is 6.92 Å². The molecule has 6 nitrogen and oxygen atoms in total. The maximum Gasteiger partial charge on any atom is 0.309 e. The number of aliphatic hydroxyl groups is 2. The molecule has 0 aromatic carbocycles. The third-order valence-electron chi connectivity index (χ3n) is 2.51. The molecule has 17 heavy (non-hydrogen) atoms. The highest BCUT2D eigenvalue weighted by Gasteiger charge is 2.32. The molecule has 0 heterocycles. The van der Waals surface area contributed by atoms with Crippen LogP contribution in [0.5, 0.6) is 0 Å². The first-order chi connectivity index (χ1) is 7.67. The summed E-state index contributed by atoms with van der Waals surface area (Å²) in [5.41, 5.74) is -2.09. The molecule has 0 atom stereocenters. The van der Waals surface area contributed by atoms with Gasteiger partial charge < -0.3 is 20.1 Å². The van der Waals surface area contributed by atoms with E-state index in [1.165, 1.54) is 13.8 Å². The Bertz CT molecular complexity index is 280. The van der Waals surface area contributed by atoms with Crippen LogP contribution in [0.15, 0.2) is 0 Å². The van der Waals surface area contributed by atoms with Crippen LogP contribution >= 0.6 is 0 Å². The van der Waals surface area contributed by atoms with Gasteiger partial charge in [-0.15, -0.1) is 0 Å². The number of carbonyl (C=O) groups excluding carboxylic acids is 1. The van der Waals surface area contributed by atoms with Crippen LogP contribution in [0.3, 0.4) is 0 Å². The number of ether oxygens (including phenoxy) is 1. The van der Waals surface area contributed by atoms with Gasteiger partial charge in [0, 0.05) is 5.41 Å². The fraction of sp³-hybridized carbons (Fsp3) is 0.818. The Morgan fingerprint density at radius 2 is 1.59 bits per heavy atom. The summed E-state index contributed by atoms with van der Waals surface area (Å²) in [6.45, 7) is 3.62. The van der Waals surface area contributed by atoms with Crippen molar-refractivity contribution in [3.63, 3.8) is 0 Å². The average Bonchev–Trinajstić information content (AvgIpc) is 2.25. The summed E-state index contributed by atoms with van der Waals surface area (Å²) in [6, 6.07) is 0. The van der Waals surface area contributed by atoms with Crippen molar-refractivity contribution in [1.29, 1.82) is 0 Å². The van der Waals surface area contributed by atoms with Gasteiger partial charge >= 0.3 is 11.9 Å². The van der Waals surface area contributed by atoms with Crippen molar-refractivity contribution >= 4 is 11.9 Å². The smallest absolute Gasteiger partial charge is 0.309 e. The summed E-state index contributed by atoms with van der Waals surface area (Å²) >= 11 is 0. The minimum Gasteiger partial charge on any atom is -0.481 e. The fourth-order valence-corrected chi connectivity index (χ4v) is 0.883. The molecule has 0 amide bonds. The molecule has 0 rings (SSSR count). The zero-order valence-corrected chi connectivity index (χ0v) is 10.4. The van der Waals surface area contributed by atoms with Crippen molar-refractivity contribution in [1.82, 2.24) is 0 Å². The molecule has 0 aliphatic heterocycles. The number of carboxylic acid groups (broad SMARTS) is 1. The molecule has 0 bridgehead atoms. The predicted molar refractivity (Wildman–Crippen MR) is 59.3 cm³/mol. The lowest BCUT2D eigenvalue weighted by atomic mass is 9.89. The zero-order valence-electron chi connectivity index (χ0n) is 10.4. The summed E-state index contributed by atoms with van der Waals surface area (Å²) in [4.78, 5) is 22.2. The lowest BCUT2D eigenvalue weighted by Gasteiger charge is -2.25. The number of carboxylic acids is 1. The molecule has 0 radical (unpaired) electrons. The molecule has 0 spiro atoms. The molecule has 0 aliphatic rings. The van der Waals surface area contributed by atoms with E-state index in [9.17, 15) is 9.59 Å². The second kappa shape index (κ2) is 5.97. The van der Waals surface area contributed by atoms with Crippen molar-refractivity contribution in [2.45, 2.75) is 27.2 Å². The topological polar surface area (TPSA) is 104 Å². The number of rotatable bonds is 7. The van der Waals surface area contributed by atoms with E-state index in [1.807, 2.05) is 0 Å². The van der Waals surface area contributed by atoms with E-state index in [2.05, 4.69) is 0 Å². The first-order valence-corrected chi connectivity index (χ1v) is 5.27. The second-order valence-corrected chi connectivity index (χ2v) is 5.15. The predicted octanol–water partition coefficient (Wildman–Crippen LogP) is 0.0214. The minimum atomic E-state index is -1.19. The third-order valence-corrected chi connectivity index (χ3v) is 2.51. The second-order valence-electron chi connectivity index (χ2n) is 5.15. The number of hydrogen-bond acceptors (Lipinski definition) is 5. The Morgan fingerprint density at radius 3 is 1.94 bits per heavy atom. The SMILES string of the molecule is CC(CO)(CO)COC(=O)CC(C)(C)C(=O)O. The Morgan fingerprint density at radius 1 is 1.12 bits per heavy atom. The normalized spacial score (nSPS) is 12.3. The quantitative estimate of drug-likeness (QED) is 0.549. The molecule has 0 aromatic rings. The van der Waals surface area contributed by atoms with Crippen molar-refractivity contribution in [2.24, 2.45) is 10.8 Å². The highest BCUT2D eigenvalue weighted by molar-refractivity contribution is 5.81. The largest absolute Gasteiger partial charge is 0.481 e. The third kappa shape index (κ3) is 5.14. The molecule has 0 aliphatic carbocycles. The van der Waals surface area contributed by atoms with E-state index in [4.69, 9.17) is 20.1 Å². The molecule has 0 unspecified atom stereocenters. The van der Waals surface area contributed by atoms with Crippen LogP contribution in [0.2, 0.25) is 0 Å². The van der Waals surface area contributed by atoms with Gasteiger partial charge in [0.25, 0.3) is 0 Å². The van der Waals surface area contributed by atoms with Crippen LogP contribution < -0.4 is 0 Å². The Hall–Kier alpha value is -1.14. The van der Waals surface area contributed by atoms with Crippen LogP contribution in [0.4, 0.5) is 0 Å². The van der Waals surface area contributed by atoms with Gasteiger partial charge in [-0.1, -0.05) is 6.92 Å². The van der Waals surface area contributed by atoms with Crippen molar-refractivity contribution < 1.29 is 29.6 Å². The van der Waals surface area contributed by atoms with Gasteiger partial charge in [-0.2, -0.15) is 0 Å². The van der Waals surface area contributed by atoms with Gasteiger partial charge in [-0.25, -0.2) is 0 Å². The molecule has 100 valence electrons. The van der Waals surface area contributed by atoms with Crippen LogP contribution in [-0.4, -0.2) is 47.1 Å². The van der Waals surface area contributed by atoms with E-state index < -0.39 is 22.8 Å². The molecule has 0 saturated carbocycles. The fourth-order valence-electron chi connectivity index (χ4n) is 0.883. The first-order valence-electron chi connectivity index (χ1n) is 5.27. The maximum atomic E-state index is 11.4. The maximum absolute atomic E-state index is 11.4. The molecule has 3 N–H and O–H groups in total. The number of carbonyl (C=O) groups is 2. The lowest BCUT2D eigenvalue weighted by Crippen LogP contribution is -2.34. The summed E-state index contributed by atoms with van der Waals surface area (Å²) in [5.74, 6) is -1.74. The zero-order chi connectivity index (χ0) is 13.7. The molecule has 6 heteroatoms. The van der Waals surface area contributed by atoms with Crippen LogP contribution in [-0.2, 0) is 14.3 Å². The summed E-state index contributed by atoms with van der Waals surface area (Å²) in [6.07, 6.45) is -0.255. The van der Waals surface area contributed by atoms with E-state index in [-0.39, 0.29) is 26.2 Å². The Kier molecular flexibility index (Phi) is 5.57. The van der Waals surface area contributed by atoms with Crippen LogP contribution in [0.1, 0.15) is 27.2 Å². The molecular formula is C11H20O6. The van der Waals surface area contributed by atoms with Gasteiger partial charge in [0.2, 0.25) is 0 Å². The average molecular weight is 248 g/mol. The van der Waals surface area contributed by atoms with Gasteiger partial charge in [-0.3, -0.25) is 9.59 Å². The lowest BCUT2D eigenvalue weighted by molar-refractivity contribution is -0.159. The van der Waals surface area contributed by atoms with E-state index >= 15 is 0 Å². The Balaban J connectivity index is 4.26. The van der Waals surface area contributed by atoms with Crippen LogP contribution in [0, 0.1) is 10.8 Å². The number of aliphatic hydroxyl groups excluding tert-OH is 2. The highest BCUT2D eigenvalue weighted by atomic mass is 16.5. The molecule has 0 aromatic heterocycles. The monoisotopic (exact) mass is 248 g/mol. The van der Waals surface area contributed by atoms with Gasteiger partial charge in [-0.05, 0) is 13.8 Å².